The Morgan fingerprint density at radius 3 is 2.00 bits per heavy atom. The lowest BCUT2D eigenvalue weighted by Crippen LogP contribution is -2.41. The third-order valence-electron chi connectivity index (χ3n) is 6.14. The topological polar surface area (TPSA) is 106 Å². The van der Waals surface area contributed by atoms with Crippen molar-refractivity contribution in [1.82, 2.24) is 10.9 Å². The van der Waals surface area contributed by atoms with Crippen molar-refractivity contribution in [1.29, 1.82) is 0 Å². The number of carbonyl (C=O) groups is 3. The number of hydrogen-bond acceptors (Lipinski definition) is 5. The average molecular weight is 502 g/mol. The first-order chi connectivity index (χ1) is 18.1. The van der Waals surface area contributed by atoms with E-state index in [0.29, 0.717) is 35.8 Å². The highest BCUT2D eigenvalue weighted by atomic mass is 16.5. The Hall–Kier alpha value is -4.33. The maximum atomic E-state index is 12.5. The Labute approximate surface area is 216 Å². The Morgan fingerprint density at radius 1 is 0.676 bits per heavy atom. The van der Waals surface area contributed by atoms with Gasteiger partial charge in [-0.3, -0.25) is 25.2 Å². The first-order valence-corrected chi connectivity index (χ1v) is 12.5. The van der Waals surface area contributed by atoms with Gasteiger partial charge >= 0.3 is 0 Å². The first-order valence-electron chi connectivity index (χ1n) is 12.5. The van der Waals surface area contributed by atoms with Gasteiger partial charge in [-0.05, 0) is 67.4 Å². The lowest BCUT2D eigenvalue weighted by atomic mass is 9.88. The van der Waals surface area contributed by atoms with Gasteiger partial charge in [-0.25, -0.2) is 0 Å². The van der Waals surface area contributed by atoms with E-state index < -0.39 is 11.8 Å². The minimum atomic E-state index is -0.476. The summed E-state index contributed by atoms with van der Waals surface area (Å²) in [5.74, 6) is 0.410. The summed E-state index contributed by atoms with van der Waals surface area (Å²) in [5.41, 5.74) is 6.16. The molecule has 1 saturated carbocycles. The predicted molar refractivity (Wildman–Crippen MR) is 140 cm³/mol. The second kappa shape index (κ2) is 13.1. The lowest BCUT2D eigenvalue weighted by molar-refractivity contribution is -0.120. The van der Waals surface area contributed by atoms with Gasteiger partial charge in [0.2, 0.25) is 5.91 Å². The smallest absolute Gasteiger partial charge is 0.269 e. The Kier molecular flexibility index (Phi) is 9.12. The molecule has 3 amide bonds. The fraction of sp³-hybridized carbons (Fsp3) is 0.276. The number of para-hydroxylation sites is 1. The number of hydrazine groups is 1. The molecule has 0 spiro atoms. The van der Waals surface area contributed by atoms with Crippen LogP contribution in [-0.4, -0.2) is 30.9 Å². The van der Waals surface area contributed by atoms with Crippen LogP contribution in [0.3, 0.4) is 0 Å². The number of rotatable bonds is 9. The molecule has 0 unspecified atom stereocenters. The zero-order chi connectivity index (χ0) is 25.9. The Balaban J connectivity index is 1.21. The number of benzene rings is 3. The maximum absolute atomic E-state index is 12.5. The average Bonchev–Trinajstić information content (AvgIpc) is 2.95. The molecule has 0 saturated heterocycles. The Bertz CT molecular complexity index is 1190. The maximum Gasteiger partial charge on any atom is 0.269 e. The highest BCUT2D eigenvalue weighted by Gasteiger charge is 2.21. The van der Waals surface area contributed by atoms with Crippen molar-refractivity contribution in [2.24, 2.45) is 5.92 Å². The van der Waals surface area contributed by atoms with E-state index in [0.717, 1.165) is 31.4 Å². The molecule has 192 valence electrons. The van der Waals surface area contributed by atoms with Crippen LogP contribution in [0.5, 0.6) is 11.5 Å². The molecule has 3 aromatic rings. The molecule has 0 radical (unpaired) electrons. The van der Waals surface area contributed by atoms with Crippen molar-refractivity contribution in [2.75, 3.05) is 18.5 Å². The first kappa shape index (κ1) is 25.8. The zero-order valence-corrected chi connectivity index (χ0v) is 20.6. The van der Waals surface area contributed by atoms with Crippen molar-refractivity contribution in [3.63, 3.8) is 0 Å². The summed E-state index contributed by atoms with van der Waals surface area (Å²) in [5, 5.41) is 2.92. The van der Waals surface area contributed by atoms with E-state index in [1.807, 2.05) is 30.3 Å². The highest BCUT2D eigenvalue weighted by Crippen LogP contribution is 2.25. The van der Waals surface area contributed by atoms with Crippen LogP contribution in [0.15, 0.2) is 78.9 Å². The van der Waals surface area contributed by atoms with Gasteiger partial charge in [-0.15, -0.1) is 0 Å². The van der Waals surface area contributed by atoms with Crippen molar-refractivity contribution >= 4 is 23.4 Å². The van der Waals surface area contributed by atoms with Crippen LogP contribution < -0.4 is 25.6 Å². The van der Waals surface area contributed by atoms with Crippen LogP contribution in [0.25, 0.3) is 0 Å². The molecule has 1 aliphatic carbocycles. The van der Waals surface area contributed by atoms with Crippen LogP contribution in [-0.2, 0) is 4.79 Å². The second-order valence-corrected chi connectivity index (χ2v) is 8.85. The van der Waals surface area contributed by atoms with Crippen molar-refractivity contribution in [3.05, 3.63) is 90.0 Å². The molecule has 4 rings (SSSR count). The SMILES string of the molecule is O=C(NNC(=O)c1cccc(OCCOc2ccccc2)c1)c1ccc(NC(=O)C2CCCCC2)cc1. The number of ether oxygens (including phenoxy) is 2. The van der Waals surface area contributed by atoms with E-state index in [2.05, 4.69) is 16.2 Å². The van der Waals surface area contributed by atoms with Crippen LogP contribution in [0.4, 0.5) is 5.69 Å². The number of carbonyl (C=O) groups excluding carboxylic acids is 3. The molecule has 0 heterocycles. The fourth-order valence-corrected chi connectivity index (χ4v) is 4.13. The van der Waals surface area contributed by atoms with Crippen molar-refractivity contribution in [3.8, 4) is 11.5 Å². The van der Waals surface area contributed by atoms with Crippen LogP contribution in [0.2, 0.25) is 0 Å². The fourth-order valence-electron chi connectivity index (χ4n) is 4.13. The summed E-state index contributed by atoms with van der Waals surface area (Å²) in [6.45, 7) is 0.674. The standard InChI is InChI=1S/C29H31N3O5/c33-27(21-8-3-1-4-9-21)30-24-16-14-22(15-17-24)28(34)31-32-29(35)23-10-7-13-26(20-23)37-19-18-36-25-11-5-2-6-12-25/h2,5-7,10-17,20-21H,1,3-4,8-9,18-19H2,(H,30,33)(H,31,34)(H,32,35). The van der Waals surface area contributed by atoms with Gasteiger partial charge in [0.25, 0.3) is 11.8 Å². The summed E-state index contributed by atoms with van der Waals surface area (Å²) >= 11 is 0. The van der Waals surface area contributed by atoms with Gasteiger partial charge < -0.3 is 14.8 Å². The molecular formula is C29H31N3O5. The van der Waals surface area contributed by atoms with Crippen molar-refractivity contribution in [2.45, 2.75) is 32.1 Å². The number of anilines is 1. The molecule has 1 aliphatic rings. The molecule has 0 aliphatic heterocycles. The molecule has 0 atom stereocenters. The number of amides is 3. The molecule has 1 fully saturated rings. The molecule has 3 aromatic carbocycles. The summed E-state index contributed by atoms with van der Waals surface area (Å²) in [6, 6.07) is 22.6. The molecule has 8 heteroatoms. The molecular weight excluding hydrogens is 470 g/mol. The largest absolute Gasteiger partial charge is 0.490 e. The molecule has 0 bridgehead atoms. The lowest BCUT2D eigenvalue weighted by Gasteiger charge is -2.20. The minimum Gasteiger partial charge on any atom is -0.490 e. The normalized spacial score (nSPS) is 13.3. The van der Waals surface area contributed by atoms with E-state index in [-0.39, 0.29) is 11.8 Å². The molecule has 0 aromatic heterocycles. The summed E-state index contributed by atoms with van der Waals surface area (Å²) in [7, 11) is 0. The third-order valence-corrected chi connectivity index (χ3v) is 6.14. The molecule has 3 N–H and O–H groups in total. The predicted octanol–water partition coefficient (Wildman–Crippen LogP) is 4.74. The van der Waals surface area contributed by atoms with Crippen LogP contribution in [0, 0.1) is 5.92 Å². The van der Waals surface area contributed by atoms with E-state index in [1.165, 1.54) is 6.42 Å². The Morgan fingerprint density at radius 2 is 1.30 bits per heavy atom. The van der Waals surface area contributed by atoms with Gasteiger partial charge in [-0.2, -0.15) is 0 Å². The number of nitrogens with one attached hydrogen (secondary N) is 3. The van der Waals surface area contributed by atoms with E-state index in [4.69, 9.17) is 9.47 Å². The highest BCUT2D eigenvalue weighted by molar-refractivity contribution is 5.99. The van der Waals surface area contributed by atoms with Gasteiger partial charge in [0.15, 0.2) is 0 Å². The van der Waals surface area contributed by atoms with E-state index >= 15 is 0 Å². The molecule has 37 heavy (non-hydrogen) atoms. The van der Waals surface area contributed by atoms with Gasteiger partial charge in [-0.1, -0.05) is 43.5 Å². The van der Waals surface area contributed by atoms with E-state index in [9.17, 15) is 14.4 Å². The van der Waals surface area contributed by atoms with Crippen molar-refractivity contribution < 1.29 is 23.9 Å². The van der Waals surface area contributed by atoms with Gasteiger partial charge in [0.05, 0.1) is 0 Å². The third kappa shape index (κ3) is 7.83. The van der Waals surface area contributed by atoms with Gasteiger partial charge in [0.1, 0.15) is 24.7 Å². The number of hydrogen-bond donors (Lipinski definition) is 3. The molecule has 8 nitrogen and oxygen atoms in total. The van der Waals surface area contributed by atoms with Gasteiger partial charge in [0, 0.05) is 22.7 Å². The van der Waals surface area contributed by atoms with E-state index in [1.54, 1.807) is 48.5 Å². The minimum absolute atomic E-state index is 0.0269. The quantitative estimate of drug-likeness (QED) is 0.290. The summed E-state index contributed by atoms with van der Waals surface area (Å²) in [6.07, 6.45) is 5.20. The zero-order valence-electron chi connectivity index (χ0n) is 20.6. The summed E-state index contributed by atoms with van der Waals surface area (Å²) in [4.78, 5) is 37.4. The van der Waals surface area contributed by atoms with Crippen LogP contribution >= 0.6 is 0 Å². The van der Waals surface area contributed by atoms with Crippen LogP contribution in [0.1, 0.15) is 52.8 Å². The summed E-state index contributed by atoms with van der Waals surface area (Å²) < 4.78 is 11.3. The second-order valence-electron chi connectivity index (χ2n) is 8.85. The monoisotopic (exact) mass is 501 g/mol.